The molecule has 1 amide bonds. The maximum Gasteiger partial charge on any atom is 0.408 e. The van der Waals surface area contributed by atoms with E-state index in [1.54, 1.807) is 20.8 Å². The molecule has 21 heavy (non-hydrogen) atoms. The first-order valence-corrected chi connectivity index (χ1v) is 7.08. The molecule has 0 saturated carbocycles. The molecule has 124 valence electrons. The van der Waals surface area contributed by atoms with Crippen LogP contribution < -0.4 is 5.32 Å². The molecule has 7 nitrogen and oxygen atoms in total. The molecular formula is C14H27NO6. The molecule has 7 heteroatoms. The van der Waals surface area contributed by atoms with Crippen molar-refractivity contribution < 1.29 is 28.5 Å². The lowest BCUT2D eigenvalue weighted by atomic mass is 10.2. The van der Waals surface area contributed by atoms with E-state index in [-0.39, 0.29) is 13.2 Å². The van der Waals surface area contributed by atoms with Crippen LogP contribution in [0, 0.1) is 0 Å². The Balaban J connectivity index is 3.73. The van der Waals surface area contributed by atoms with Gasteiger partial charge in [-0.1, -0.05) is 0 Å². The molecule has 0 aliphatic rings. The van der Waals surface area contributed by atoms with Gasteiger partial charge in [0, 0.05) is 6.61 Å². The molecule has 0 aliphatic heterocycles. The fraction of sp³-hybridized carbons (Fsp3) is 0.857. The summed E-state index contributed by atoms with van der Waals surface area (Å²) in [5.41, 5.74) is -0.609. The molecule has 0 unspecified atom stereocenters. The van der Waals surface area contributed by atoms with Crippen LogP contribution in [0.25, 0.3) is 0 Å². The topological polar surface area (TPSA) is 83.1 Å². The van der Waals surface area contributed by atoms with E-state index in [1.807, 2.05) is 6.92 Å². The average molecular weight is 305 g/mol. The predicted molar refractivity (Wildman–Crippen MR) is 77.1 cm³/mol. The summed E-state index contributed by atoms with van der Waals surface area (Å²) in [7, 11) is 0. The van der Waals surface area contributed by atoms with Crippen LogP contribution in [-0.4, -0.2) is 56.7 Å². The number of carbonyl (C=O) groups excluding carboxylic acids is 2. The van der Waals surface area contributed by atoms with E-state index in [4.69, 9.17) is 18.9 Å². The lowest BCUT2D eigenvalue weighted by Gasteiger charge is -2.21. The minimum atomic E-state index is -0.775. The first-order valence-electron chi connectivity index (χ1n) is 7.08. The zero-order valence-corrected chi connectivity index (χ0v) is 13.6. The van der Waals surface area contributed by atoms with Gasteiger partial charge in [-0.05, 0) is 34.6 Å². The van der Waals surface area contributed by atoms with E-state index in [0.29, 0.717) is 19.8 Å². The van der Waals surface area contributed by atoms with Crippen molar-refractivity contribution >= 4 is 12.1 Å². The number of amides is 1. The highest BCUT2D eigenvalue weighted by atomic mass is 16.6. The SMILES string of the molecule is CCOCCOCCOC(=O)[C@H](C)NC(=O)OC(C)(C)C. The summed E-state index contributed by atoms with van der Waals surface area (Å²) >= 11 is 0. The van der Waals surface area contributed by atoms with E-state index >= 15 is 0 Å². The monoisotopic (exact) mass is 305 g/mol. The van der Waals surface area contributed by atoms with Gasteiger partial charge in [-0.15, -0.1) is 0 Å². The standard InChI is InChI=1S/C14H27NO6/c1-6-18-7-8-19-9-10-20-12(16)11(2)15-13(17)21-14(3,4)5/h11H,6-10H2,1-5H3,(H,15,17)/t11-/m0/s1. The van der Waals surface area contributed by atoms with Gasteiger partial charge < -0.3 is 24.3 Å². The predicted octanol–water partition coefficient (Wildman–Crippen LogP) is 1.50. The molecule has 0 heterocycles. The number of hydrogen-bond acceptors (Lipinski definition) is 6. The van der Waals surface area contributed by atoms with Gasteiger partial charge in [-0.3, -0.25) is 0 Å². The van der Waals surface area contributed by atoms with Gasteiger partial charge in [0.25, 0.3) is 0 Å². The zero-order chi connectivity index (χ0) is 16.3. The minimum absolute atomic E-state index is 0.130. The van der Waals surface area contributed by atoms with Crippen LogP contribution >= 0.6 is 0 Å². The van der Waals surface area contributed by atoms with E-state index < -0.39 is 23.7 Å². The van der Waals surface area contributed by atoms with Crippen molar-refractivity contribution in [2.45, 2.75) is 46.3 Å². The highest BCUT2D eigenvalue weighted by Crippen LogP contribution is 2.06. The van der Waals surface area contributed by atoms with Crippen LogP contribution in [0.1, 0.15) is 34.6 Å². The summed E-state index contributed by atoms with van der Waals surface area (Å²) in [4.78, 5) is 23.1. The number of rotatable bonds is 9. The van der Waals surface area contributed by atoms with Crippen LogP contribution in [-0.2, 0) is 23.7 Å². The Morgan fingerprint density at radius 3 is 2.19 bits per heavy atom. The maximum atomic E-state index is 11.6. The Labute approximate surface area is 126 Å². The Bertz CT molecular complexity index is 313. The fourth-order valence-corrected chi connectivity index (χ4v) is 1.23. The van der Waals surface area contributed by atoms with E-state index in [0.717, 1.165) is 0 Å². The van der Waals surface area contributed by atoms with Crippen LogP contribution in [0.5, 0.6) is 0 Å². The molecule has 0 aromatic heterocycles. The van der Waals surface area contributed by atoms with Gasteiger partial charge in [-0.2, -0.15) is 0 Å². The van der Waals surface area contributed by atoms with Crippen molar-refractivity contribution in [1.82, 2.24) is 5.32 Å². The number of nitrogens with one attached hydrogen (secondary N) is 1. The van der Waals surface area contributed by atoms with Crippen molar-refractivity contribution in [2.75, 3.05) is 33.0 Å². The first kappa shape index (κ1) is 19.7. The second-order valence-electron chi connectivity index (χ2n) is 5.34. The quantitative estimate of drug-likeness (QED) is 0.513. The Hall–Kier alpha value is -1.34. The van der Waals surface area contributed by atoms with Gasteiger partial charge in [0.15, 0.2) is 0 Å². The van der Waals surface area contributed by atoms with Gasteiger partial charge >= 0.3 is 12.1 Å². The van der Waals surface area contributed by atoms with Crippen molar-refractivity contribution in [1.29, 1.82) is 0 Å². The summed E-state index contributed by atoms with van der Waals surface area (Å²) in [6, 6.07) is -0.775. The number of hydrogen-bond donors (Lipinski definition) is 1. The van der Waals surface area contributed by atoms with Gasteiger partial charge in [0.1, 0.15) is 18.2 Å². The van der Waals surface area contributed by atoms with Crippen LogP contribution in [0.3, 0.4) is 0 Å². The Morgan fingerprint density at radius 1 is 1.05 bits per heavy atom. The Morgan fingerprint density at radius 2 is 1.62 bits per heavy atom. The molecular weight excluding hydrogens is 278 g/mol. The summed E-state index contributed by atoms with van der Waals surface area (Å²) in [5.74, 6) is -0.533. The second kappa shape index (κ2) is 10.4. The third kappa shape index (κ3) is 12.1. The normalized spacial score (nSPS) is 12.6. The van der Waals surface area contributed by atoms with Crippen molar-refractivity contribution in [3.63, 3.8) is 0 Å². The third-order valence-electron chi connectivity index (χ3n) is 2.13. The summed E-state index contributed by atoms with van der Waals surface area (Å²) in [6.07, 6.45) is -0.653. The summed E-state index contributed by atoms with van der Waals surface area (Å²) in [6.45, 7) is 10.7. The first-order chi connectivity index (χ1) is 9.76. The van der Waals surface area contributed by atoms with Crippen LogP contribution in [0.2, 0.25) is 0 Å². The smallest absolute Gasteiger partial charge is 0.408 e. The van der Waals surface area contributed by atoms with Gasteiger partial charge in [-0.25, -0.2) is 9.59 Å². The van der Waals surface area contributed by atoms with Crippen LogP contribution in [0.4, 0.5) is 4.79 Å². The minimum Gasteiger partial charge on any atom is -0.462 e. The number of alkyl carbamates (subject to hydrolysis) is 1. The summed E-state index contributed by atoms with van der Waals surface area (Å²) < 4.78 is 20.3. The van der Waals surface area contributed by atoms with E-state index in [2.05, 4.69) is 5.32 Å². The molecule has 0 aliphatic carbocycles. The van der Waals surface area contributed by atoms with Crippen molar-refractivity contribution in [3.05, 3.63) is 0 Å². The molecule has 0 aromatic rings. The lowest BCUT2D eigenvalue weighted by Crippen LogP contribution is -2.42. The largest absolute Gasteiger partial charge is 0.462 e. The van der Waals surface area contributed by atoms with Crippen molar-refractivity contribution in [3.8, 4) is 0 Å². The molecule has 0 radical (unpaired) electrons. The maximum absolute atomic E-state index is 11.6. The second-order valence-corrected chi connectivity index (χ2v) is 5.34. The highest BCUT2D eigenvalue weighted by molar-refractivity contribution is 5.80. The number of esters is 1. The average Bonchev–Trinajstić information content (AvgIpc) is 2.34. The molecule has 0 fully saturated rings. The zero-order valence-electron chi connectivity index (χ0n) is 13.6. The van der Waals surface area contributed by atoms with Gasteiger partial charge in [0.2, 0.25) is 0 Å². The molecule has 1 atom stereocenters. The molecule has 0 aromatic carbocycles. The van der Waals surface area contributed by atoms with Crippen molar-refractivity contribution in [2.24, 2.45) is 0 Å². The van der Waals surface area contributed by atoms with Crippen LogP contribution in [0.15, 0.2) is 0 Å². The number of carbonyl (C=O) groups is 2. The molecule has 0 saturated heterocycles. The fourth-order valence-electron chi connectivity index (χ4n) is 1.23. The summed E-state index contributed by atoms with van der Waals surface area (Å²) in [5, 5.41) is 2.41. The Kier molecular flexibility index (Phi) is 9.73. The van der Waals surface area contributed by atoms with E-state index in [1.165, 1.54) is 6.92 Å². The van der Waals surface area contributed by atoms with E-state index in [9.17, 15) is 9.59 Å². The highest BCUT2D eigenvalue weighted by Gasteiger charge is 2.21. The van der Waals surface area contributed by atoms with Gasteiger partial charge in [0.05, 0.1) is 19.8 Å². The number of ether oxygens (including phenoxy) is 4. The molecule has 1 N–H and O–H groups in total. The molecule has 0 bridgehead atoms. The molecule has 0 rings (SSSR count). The third-order valence-corrected chi connectivity index (χ3v) is 2.13. The molecule has 0 spiro atoms. The lowest BCUT2D eigenvalue weighted by molar-refractivity contribution is -0.147.